The highest BCUT2D eigenvalue weighted by Gasteiger charge is 2.69. The van der Waals surface area contributed by atoms with Crippen molar-refractivity contribution in [3.05, 3.63) is 116 Å². The molecule has 3 aromatic carbocycles. The highest BCUT2D eigenvalue weighted by Crippen LogP contribution is 2.46. The van der Waals surface area contributed by atoms with E-state index in [2.05, 4.69) is 0 Å². The van der Waals surface area contributed by atoms with Crippen LogP contribution in [0.4, 0.5) is 0 Å². The maximum absolute atomic E-state index is 13.5. The number of nitrogens with zero attached hydrogens (tertiary/aromatic N) is 1. The number of carbonyl (C=O) groups is 2. The van der Waals surface area contributed by atoms with Crippen molar-refractivity contribution in [2.75, 3.05) is 0 Å². The third-order valence-electron chi connectivity index (χ3n) is 5.68. The first kappa shape index (κ1) is 18.7. The molecule has 0 spiro atoms. The van der Waals surface area contributed by atoms with Gasteiger partial charge >= 0.3 is 5.54 Å². The monoisotopic (exact) mass is 385 g/mol. The van der Waals surface area contributed by atoms with Crippen LogP contribution in [0.2, 0.25) is 0 Å². The van der Waals surface area contributed by atoms with Crippen LogP contribution in [0.25, 0.3) is 0 Å². The summed E-state index contributed by atoms with van der Waals surface area (Å²) in [4.78, 5) is 38.8. The molecule has 0 bridgehead atoms. The summed E-state index contributed by atoms with van der Waals surface area (Å²) < 4.78 is 0. The number of hydrogen-bond acceptors (Lipinski definition) is 4. The minimum Gasteiger partial charge on any atom is -0.285 e. The fourth-order valence-electron chi connectivity index (χ4n) is 4.37. The van der Waals surface area contributed by atoms with Gasteiger partial charge in [0.1, 0.15) is 0 Å². The summed E-state index contributed by atoms with van der Waals surface area (Å²) in [5.74, 6) is -2.54. The van der Waals surface area contributed by atoms with E-state index in [4.69, 9.17) is 0 Å². The lowest BCUT2D eigenvalue weighted by atomic mass is 9.71. The van der Waals surface area contributed by atoms with Gasteiger partial charge in [-0.05, 0) is 30.5 Å². The van der Waals surface area contributed by atoms with Gasteiger partial charge in [0.15, 0.2) is 0 Å². The predicted octanol–water partition coefficient (Wildman–Crippen LogP) is 4.53. The molecule has 1 atom stereocenters. The number of benzene rings is 3. The van der Waals surface area contributed by atoms with Crippen LogP contribution in [0.1, 0.15) is 48.9 Å². The third kappa shape index (κ3) is 2.62. The molecule has 1 aliphatic carbocycles. The van der Waals surface area contributed by atoms with E-state index in [1.54, 1.807) is 48.5 Å². The zero-order chi connectivity index (χ0) is 20.8. The number of hydrogen-bond donors (Lipinski definition) is 0. The largest absolute Gasteiger partial charge is 0.355 e. The van der Waals surface area contributed by atoms with E-state index < -0.39 is 27.9 Å². The van der Waals surface area contributed by atoms with E-state index in [9.17, 15) is 19.7 Å². The van der Waals surface area contributed by atoms with Gasteiger partial charge in [-0.15, -0.1) is 0 Å². The lowest BCUT2D eigenvalue weighted by molar-refractivity contribution is -0.532. The normalized spacial score (nSPS) is 15.8. The van der Waals surface area contributed by atoms with Crippen LogP contribution in [0.5, 0.6) is 0 Å². The first-order chi connectivity index (χ1) is 13.9. The second kappa shape index (κ2) is 6.78. The fourth-order valence-corrected chi connectivity index (χ4v) is 4.37. The zero-order valence-electron chi connectivity index (χ0n) is 16.1. The van der Waals surface area contributed by atoms with Crippen LogP contribution >= 0.6 is 0 Å². The molecule has 0 heterocycles. The van der Waals surface area contributed by atoms with Crippen LogP contribution < -0.4 is 0 Å². The van der Waals surface area contributed by atoms with E-state index in [1.165, 1.54) is 12.1 Å². The van der Waals surface area contributed by atoms with Gasteiger partial charge in [0.05, 0.1) is 5.92 Å². The first-order valence-corrected chi connectivity index (χ1v) is 9.34. The highest BCUT2D eigenvalue weighted by molar-refractivity contribution is 6.32. The number of aryl methyl sites for hydroxylation is 2. The van der Waals surface area contributed by atoms with Crippen LogP contribution in [0.3, 0.4) is 0 Å². The minimum atomic E-state index is -2.43. The molecule has 1 aliphatic rings. The topological polar surface area (TPSA) is 77.3 Å². The van der Waals surface area contributed by atoms with Crippen molar-refractivity contribution in [3.63, 3.8) is 0 Å². The van der Waals surface area contributed by atoms with E-state index in [0.717, 1.165) is 11.1 Å². The average molecular weight is 385 g/mol. The molecule has 0 unspecified atom stereocenters. The summed E-state index contributed by atoms with van der Waals surface area (Å²) >= 11 is 0. The lowest BCUT2D eigenvalue weighted by Crippen LogP contribution is -2.54. The van der Waals surface area contributed by atoms with Crippen LogP contribution in [0.15, 0.2) is 72.8 Å². The molecule has 0 fully saturated rings. The van der Waals surface area contributed by atoms with Gasteiger partial charge in [-0.2, -0.15) is 0 Å². The summed E-state index contributed by atoms with van der Waals surface area (Å²) in [6.45, 7) is 3.78. The molecule has 3 aromatic rings. The molecule has 0 aliphatic heterocycles. The van der Waals surface area contributed by atoms with Crippen LogP contribution in [-0.2, 0) is 0 Å². The standard InChI is InChI=1S/C24H19NO4/c1-15-12-13-18(16(2)14-15)21(17-8-4-3-5-9-17)24(25(28)29)22(26)19-10-6-7-11-20(19)23(24)27/h3-14,21H,1-2H3/t21-/m1/s1. The maximum atomic E-state index is 13.5. The summed E-state index contributed by atoms with van der Waals surface area (Å²) in [6, 6.07) is 20.6. The summed E-state index contributed by atoms with van der Waals surface area (Å²) in [5, 5.41) is 12.5. The van der Waals surface area contributed by atoms with E-state index in [0.29, 0.717) is 11.1 Å². The van der Waals surface area contributed by atoms with Gasteiger partial charge in [0.25, 0.3) is 0 Å². The van der Waals surface area contributed by atoms with Crippen molar-refractivity contribution in [2.45, 2.75) is 25.3 Å². The second-order valence-corrected chi connectivity index (χ2v) is 7.43. The fraction of sp³-hybridized carbons (Fsp3) is 0.167. The predicted molar refractivity (Wildman–Crippen MR) is 109 cm³/mol. The third-order valence-corrected chi connectivity index (χ3v) is 5.68. The molecule has 0 saturated carbocycles. The number of nitro groups is 1. The molecule has 0 radical (unpaired) electrons. The van der Waals surface area contributed by atoms with Crippen molar-refractivity contribution in [2.24, 2.45) is 0 Å². The van der Waals surface area contributed by atoms with Crippen LogP contribution in [0, 0.1) is 24.0 Å². The van der Waals surface area contributed by atoms with Crippen molar-refractivity contribution < 1.29 is 14.5 Å². The number of fused-ring (bicyclic) bond motifs is 1. The van der Waals surface area contributed by atoms with Crippen molar-refractivity contribution in [1.29, 1.82) is 0 Å². The molecule has 0 amide bonds. The van der Waals surface area contributed by atoms with Crippen molar-refractivity contribution in [3.8, 4) is 0 Å². The molecule has 0 N–H and O–H groups in total. The lowest BCUT2D eigenvalue weighted by Gasteiger charge is -2.29. The van der Waals surface area contributed by atoms with Crippen LogP contribution in [-0.4, -0.2) is 22.0 Å². The van der Waals surface area contributed by atoms with E-state index >= 15 is 0 Å². The Hall–Kier alpha value is -3.60. The first-order valence-electron chi connectivity index (χ1n) is 9.34. The Bertz CT molecular complexity index is 1120. The molecule has 144 valence electrons. The Labute approximate surface area is 168 Å². The van der Waals surface area contributed by atoms with Gasteiger partial charge in [-0.1, -0.05) is 78.4 Å². The Morgan fingerprint density at radius 1 is 0.828 bits per heavy atom. The number of ketones is 2. The molecule has 5 nitrogen and oxygen atoms in total. The van der Waals surface area contributed by atoms with Gasteiger partial charge in [-0.3, -0.25) is 19.7 Å². The Kier molecular flexibility index (Phi) is 4.38. The van der Waals surface area contributed by atoms with Gasteiger partial charge in [0.2, 0.25) is 11.6 Å². The zero-order valence-corrected chi connectivity index (χ0v) is 16.1. The molecular formula is C24H19NO4. The van der Waals surface area contributed by atoms with Gasteiger partial charge in [0, 0.05) is 16.1 Å². The number of carbonyl (C=O) groups excluding carboxylic acids is 2. The summed E-state index contributed by atoms with van der Waals surface area (Å²) in [7, 11) is 0. The Morgan fingerprint density at radius 2 is 1.38 bits per heavy atom. The number of Topliss-reactive ketones (excluding diaryl/α,β-unsaturated/α-hetero) is 2. The van der Waals surface area contributed by atoms with E-state index in [1.807, 2.05) is 26.0 Å². The van der Waals surface area contributed by atoms with Crippen molar-refractivity contribution in [1.82, 2.24) is 0 Å². The number of rotatable bonds is 4. The molecule has 0 saturated heterocycles. The Morgan fingerprint density at radius 3 is 1.90 bits per heavy atom. The van der Waals surface area contributed by atoms with Gasteiger partial charge < -0.3 is 0 Å². The quantitative estimate of drug-likeness (QED) is 0.376. The van der Waals surface area contributed by atoms with E-state index in [-0.39, 0.29) is 11.1 Å². The molecule has 4 rings (SSSR count). The van der Waals surface area contributed by atoms with Gasteiger partial charge in [-0.25, -0.2) is 0 Å². The Balaban J connectivity index is 2.07. The minimum absolute atomic E-state index is 0.111. The summed E-state index contributed by atoms with van der Waals surface area (Å²) in [5.41, 5.74) is 0.765. The van der Waals surface area contributed by atoms with Crippen molar-refractivity contribution >= 4 is 11.6 Å². The molecule has 0 aromatic heterocycles. The molecule has 5 heteroatoms. The second-order valence-electron chi connectivity index (χ2n) is 7.43. The average Bonchev–Trinajstić information content (AvgIpc) is 2.94. The molecular weight excluding hydrogens is 366 g/mol. The molecule has 29 heavy (non-hydrogen) atoms. The summed E-state index contributed by atoms with van der Waals surface area (Å²) in [6.07, 6.45) is 0. The maximum Gasteiger partial charge on any atom is 0.355 e. The smallest absolute Gasteiger partial charge is 0.285 e. The highest BCUT2D eigenvalue weighted by atomic mass is 16.6. The SMILES string of the molecule is Cc1ccc([C@@H](c2ccccc2)C2([N+](=O)[O-])C(=O)c3ccccc3C2=O)c(C)c1.